The minimum atomic E-state index is -0.633. The van der Waals surface area contributed by atoms with E-state index in [-0.39, 0.29) is 18.1 Å². The van der Waals surface area contributed by atoms with Gasteiger partial charge in [-0.15, -0.1) is 6.58 Å². The zero-order chi connectivity index (χ0) is 9.72. The van der Waals surface area contributed by atoms with Gasteiger partial charge in [-0.05, 0) is 12.5 Å². The van der Waals surface area contributed by atoms with Crippen LogP contribution in [0.1, 0.15) is 20.3 Å². The van der Waals surface area contributed by atoms with Crippen LogP contribution in [0.4, 0.5) is 0 Å². The molecule has 2 unspecified atom stereocenters. The number of hydrogen-bond acceptors (Lipinski definition) is 2. The zero-order valence-electron chi connectivity index (χ0n) is 7.71. The maximum Gasteiger partial charge on any atom is 0.160 e. The summed E-state index contributed by atoms with van der Waals surface area (Å²) in [6.07, 6.45) is 1.14. The van der Waals surface area contributed by atoms with Crippen molar-refractivity contribution in [2.45, 2.75) is 26.4 Å². The van der Waals surface area contributed by atoms with E-state index in [9.17, 15) is 9.90 Å². The van der Waals surface area contributed by atoms with Gasteiger partial charge in [-0.3, -0.25) is 4.79 Å². The average molecular weight is 168 g/mol. The first kappa shape index (κ1) is 11.1. The number of carbonyl (C=O) groups is 1. The summed E-state index contributed by atoms with van der Waals surface area (Å²) in [5.74, 6) is -0.135. The molecule has 0 aromatic rings. The molecule has 0 radical (unpaired) electrons. The molecule has 0 fully saturated rings. The lowest BCUT2D eigenvalue weighted by Crippen LogP contribution is -2.20. The van der Waals surface area contributed by atoms with Crippen LogP contribution in [0, 0.1) is 5.92 Å². The summed E-state index contributed by atoms with van der Waals surface area (Å²) in [7, 11) is 0. The quantitative estimate of drug-likeness (QED) is 0.501. The van der Waals surface area contributed by atoms with E-state index in [1.54, 1.807) is 13.0 Å². The van der Waals surface area contributed by atoms with Gasteiger partial charge < -0.3 is 5.11 Å². The second-order valence-corrected chi connectivity index (χ2v) is 3.07. The van der Waals surface area contributed by atoms with Crippen LogP contribution in [-0.4, -0.2) is 17.0 Å². The second kappa shape index (κ2) is 4.88. The van der Waals surface area contributed by atoms with Gasteiger partial charge in [0.05, 0.1) is 6.10 Å². The highest BCUT2D eigenvalue weighted by Crippen LogP contribution is 2.10. The van der Waals surface area contributed by atoms with E-state index in [2.05, 4.69) is 13.2 Å². The van der Waals surface area contributed by atoms with Crippen molar-refractivity contribution in [3.05, 3.63) is 24.8 Å². The first-order valence-electron chi connectivity index (χ1n) is 3.98. The average Bonchev–Trinajstić information content (AvgIpc) is 2.02. The molecule has 68 valence electrons. The molecule has 0 heterocycles. The SMILES string of the molecule is C=CC(C)C(O)CC(=O)C(=C)C. The van der Waals surface area contributed by atoms with E-state index in [1.807, 2.05) is 6.92 Å². The molecular formula is C10H16O2. The smallest absolute Gasteiger partial charge is 0.160 e. The highest BCUT2D eigenvalue weighted by atomic mass is 16.3. The Kier molecular flexibility index (Phi) is 4.52. The summed E-state index contributed by atoms with van der Waals surface area (Å²) in [6, 6.07) is 0. The van der Waals surface area contributed by atoms with Crippen molar-refractivity contribution in [1.29, 1.82) is 0 Å². The van der Waals surface area contributed by atoms with E-state index >= 15 is 0 Å². The van der Waals surface area contributed by atoms with E-state index in [4.69, 9.17) is 0 Å². The third-order valence-corrected chi connectivity index (χ3v) is 1.85. The summed E-state index contributed by atoms with van der Waals surface area (Å²) in [4.78, 5) is 11.1. The standard InChI is InChI=1S/C10H16O2/c1-5-8(4)10(12)6-9(11)7(2)3/h5,8,10,12H,1-2,6H2,3-4H3. The summed E-state index contributed by atoms with van der Waals surface area (Å²) in [6.45, 7) is 10.5. The Hall–Kier alpha value is -0.890. The summed E-state index contributed by atoms with van der Waals surface area (Å²) in [5.41, 5.74) is 0.491. The van der Waals surface area contributed by atoms with E-state index in [1.165, 1.54) is 0 Å². The predicted octanol–water partition coefficient (Wildman–Crippen LogP) is 1.70. The monoisotopic (exact) mass is 168 g/mol. The fourth-order valence-corrected chi connectivity index (χ4v) is 0.707. The molecule has 2 atom stereocenters. The maximum atomic E-state index is 11.1. The minimum absolute atomic E-state index is 0.0479. The Balaban J connectivity index is 4.00. The number of ketones is 1. The first-order chi connectivity index (χ1) is 5.49. The molecule has 0 saturated heterocycles. The summed E-state index contributed by atoms with van der Waals surface area (Å²) < 4.78 is 0. The number of rotatable bonds is 5. The molecule has 0 saturated carbocycles. The second-order valence-electron chi connectivity index (χ2n) is 3.07. The molecule has 2 heteroatoms. The number of aliphatic hydroxyl groups is 1. The third-order valence-electron chi connectivity index (χ3n) is 1.85. The van der Waals surface area contributed by atoms with Crippen LogP contribution in [0.3, 0.4) is 0 Å². The minimum Gasteiger partial charge on any atom is -0.392 e. The predicted molar refractivity (Wildman–Crippen MR) is 49.8 cm³/mol. The fraction of sp³-hybridized carbons (Fsp3) is 0.500. The highest BCUT2D eigenvalue weighted by molar-refractivity contribution is 5.94. The fourth-order valence-electron chi connectivity index (χ4n) is 0.707. The molecule has 0 spiro atoms. The van der Waals surface area contributed by atoms with Crippen molar-refractivity contribution in [3.63, 3.8) is 0 Å². The maximum absolute atomic E-state index is 11.1. The van der Waals surface area contributed by atoms with E-state index in [0.717, 1.165) is 0 Å². The van der Waals surface area contributed by atoms with Crippen molar-refractivity contribution < 1.29 is 9.90 Å². The van der Waals surface area contributed by atoms with Gasteiger partial charge in [-0.2, -0.15) is 0 Å². The number of allylic oxidation sites excluding steroid dienone is 1. The Labute approximate surface area is 73.6 Å². The largest absolute Gasteiger partial charge is 0.392 e. The van der Waals surface area contributed by atoms with Crippen LogP contribution in [0.5, 0.6) is 0 Å². The van der Waals surface area contributed by atoms with Crippen molar-refractivity contribution in [3.8, 4) is 0 Å². The highest BCUT2D eigenvalue weighted by Gasteiger charge is 2.15. The summed E-state index contributed by atoms with van der Waals surface area (Å²) >= 11 is 0. The van der Waals surface area contributed by atoms with Gasteiger partial charge in [-0.1, -0.05) is 19.6 Å². The molecule has 12 heavy (non-hydrogen) atoms. The lowest BCUT2D eigenvalue weighted by Gasteiger charge is -2.13. The Morgan fingerprint density at radius 3 is 2.50 bits per heavy atom. The number of Topliss-reactive ketones (excluding diaryl/α,β-unsaturated/α-hetero) is 1. The van der Waals surface area contributed by atoms with Crippen LogP contribution in [-0.2, 0) is 4.79 Å². The van der Waals surface area contributed by atoms with Crippen LogP contribution in [0.2, 0.25) is 0 Å². The van der Waals surface area contributed by atoms with Gasteiger partial charge in [0.1, 0.15) is 0 Å². The van der Waals surface area contributed by atoms with Gasteiger partial charge in [-0.25, -0.2) is 0 Å². The lowest BCUT2D eigenvalue weighted by molar-refractivity contribution is -0.117. The molecule has 0 aromatic heterocycles. The van der Waals surface area contributed by atoms with Crippen LogP contribution in [0.25, 0.3) is 0 Å². The molecule has 0 aliphatic heterocycles. The van der Waals surface area contributed by atoms with Crippen molar-refractivity contribution >= 4 is 5.78 Å². The van der Waals surface area contributed by atoms with Crippen LogP contribution in [0.15, 0.2) is 24.8 Å². The van der Waals surface area contributed by atoms with Gasteiger partial charge >= 0.3 is 0 Å². The Morgan fingerprint density at radius 1 is 1.67 bits per heavy atom. The number of carbonyl (C=O) groups excluding carboxylic acids is 1. The first-order valence-corrected chi connectivity index (χ1v) is 3.98. The van der Waals surface area contributed by atoms with Crippen molar-refractivity contribution in [1.82, 2.24) is 0 Å². The molecular weight excluding hydrogens is 152 g/mol. The van der Waals surface area contributed by atoms with Gasteiger partial charge in [0.15, 0.2) is 5.78 Å². The van der Waals surface area contributed by atoms with Gasteiger partial charge in [0, 0.05) is 12.3 Å². The van der Waals surface area contributed by atoms with E-state index < -0.39 is 6.10 Å². The van der Waals surface area contributed by atoms with Gasteiger partial charge in [0.25, 0.3) is 0 Å². The molecule has 1 N–H and O–H groups in total. The molecule has 0 amide bonds. The molecule has 2 nitrogen and oxygen atoms in total. The number of hydrogen-bond donors (Lipinski definition) is 1. The lowest BCUT2D eigenvalue weighted by atomic mass is 9.98. The normalized spacial score (nSPS) is 14.9. The Bertz CT molecular complexity index is 194. The molecule has 0 aromatic carbocycles. The van der Waals surface area contributed by atoms with Crippen LogP contribution >= 0.6 is 0 Å². The number of aliphatic hydroxyl groups excluding tert-OH is 1. The molecule has 0 aliphatic rings. The van der Waals surface area contributed by atoms with Crippen LogP contribution < -0.4 is 0 Å². The van der Waals surface area contributed by atoms with Crippen molar-refractivity contribution in [2.24, 2.45) is 5.92 Å². The molecule has 0 bridgehead atoms. The Morgan fingerprint density at radius 2 is 2.17 bits per heavy atom. The third kappa shape index (κ3) is 3.49. The van der Waals surface area contributed by atoms with E-state index in [0.29, 0.717) is 5.57 Å². The topological polar surface area (TPSA) is 37.3 Å². The zero-order valence-corrected chi connectivity index (χ0v) is 7.71. The molecule has 0 aliphatic carbocycles. The summed E-state index contributed by atoms with van der Waals surface area (Å²) in [5, 5.41) is 9.40. The van der Waals surface area contributed by atoms with Gasteiger partial charge in [0.2, 0.25) is 0 Å². The van der Waals surface area contributed by atoms with Crippen molar-refractivity contribution in [2.75, 3.05) is 0 Å². The molecule has 0 rings (SSSR count).